The summed E-state index contributed by atoms with van der Waals surface area (Å²) >= 11 is 0. The van der Waals surface area contributed by atoms with Crippen molar-refractivity contribution in [2.75, 3.05) is 66.1 Å². The summed E-state index contributed by atoms with van der Waals surface area (Å²) in [6.45, 7) is 5.69. The predicted octanol–water partition coefficient (Wildman–Crippen LogP) is 5.60. The minimum absolute atomic E-state index is 0.0979. The number of carbonyl (C=O) groups excluding carboxylic acids is 1. The number of aliphatic hydroxyl groups excluding tert-OH is 2. The first-order valence-corrected chi connectivity index (χ1v) is 15.5. The van der Waals surface area contributed by atoms with Gasteiger partial charge in [-0.2, -0.15) is 0 Å². The van der Waals surface area contributed by atoms with Gasteiger partial charge < -0.3 is 33.9 Å². The molecule has 0 aromatic heterocycles. The molecule has 0 bridgehead atoms. The smallest absolute Gasteiger partial charge is 0.308 e. The molecular weight excluding hydrogens is 488 g/mol. The van der Waals surface area contributed by atoms with Crippen molar-refractivity contribution in [2.45, 2.75) is 122 Å². The molecule has 1 atom stereocenters. The van der Waals surface area contributed by atoms with E-state index in [0.29, 0.717) is 39.6 Å². The number of aliphatic hydroxyl groups is 2. The highest BCUT2D eigenvalue weighted by Crippen LogP contribution is 2.13. The lowest BCUT2D eigenvalue weighted by molar-refractivity contribution is -0.148. The van der Waals surface area contributed by atoms with Crippen LogP contribution in [0.1, 0.15) is 116 Å². The van der Waals surface area contributed by atoms with Crippen molar-refractivity contribution in [1.82, 2.24) is 0 Å². The van der Waals surface area contributed by atoms with Gasteiger partial charge in [-0.3, -0.25) is 4.79 Å². The molecule has 0 aromatic carbocycles. The number of unbranched alkanes of at least 4 members (excludes halogenated alkanes) is 15. The van der Waals surface area contributed by atoms with E-state index in [-0.39, 0.29) is 19.6 Å². The minimum Gasteiger partial charge on any atom is -0.463 e. The zero-order valence-corrected chi connectivity index (χ0v) is 24.5. The van der Waals surface area contributed by atoms with E-state index in [1.54, 1.807) is 0 Å². The number of ether oxygens (including phenoxy) is 5. The Morgan fingerprint density at radius 3 is 1.34 bits per heavy atom. The van der Waals surface area contributed by atoms with Crippen molar-refractivity contribution in [3.05, 3.63) is 0 Å². The number of rotatable bonds is 32. The van der Waals surface area contributed by atoms with Crippen LogP contribution in [-0.4, -0.2) is 88.4 Å². The van der Waals surface area contributed by atoms with Gasteiger partial charge in [-0.1, -0.05) is 103 Å². The summed E-state index contributed by atoms with van der Waals surface area (Å²) in [7, 11) is 0. The summed E-state index contributed by atoms with van der Waals surface area (Å²) in [4.78, 5) is 11.4. The molecule has 0 aromatic rings. The zero-order valence-electron chi connectivity index (χ0n) is 24.5. The topological polar surface area (TPSA) is 104 Å². The van der Waals surface area contributed by atoms with Crippen molar-refractivity contribution in [3.8, 4) is 0 Å². The third-order valence-corrected chi connectivity index (χ3v) is 6.36. The van der Waals surface area contributed by atoms with Gasteiger partial charge in [-0.05, 0) is 6.42 Å². The normalized spacial score (nSPS) is 12.2. The highest BCUT2D eigenvalue weighted by molar-refractivity contribution is 5.69. The summed E-state index contributed by atoms with van der Waals surface area (Å²) in [5.41, 5.74) is 0. The summed E-state index contributed by atoms with van der Waals surface area (Å²) in [5, 5.41) is 17.7. The fourth-order valence-corrected chi connectivity index (χ4v) is 3.98. The highest BCUT2D eigenvalue weighted by Gasteiger charge is 2.07. The molecule has 0 saturated carbocycles. The molecule has 8 heteroatoms. The van der Waals surface area contributed by atoms with Crippen LogP contribution in [-0.2, 0) is 28.5 Å². The van der Waals surface area contributed by atoms with E-state index in [0.717, 1.165) is 13.0 Å². The first-order chi connectivity index (χ1) is 18.7. The van der Waals surface area contributed by atoms with Crippen LogP contribution in [0.3, 0.4) is 0 Å². The molecule has 0 fully saturated rings. The van der Waals surface area contributed by atoms with Gasteiger partial charge in [-0.15, -0.1) is 0 Å². The standard InChI is InChI=1S/C30H60O8/c1-2-3-4-5-6-7-8-9-10-11-12-13-14-15-16-17-19-34-21-23-36-25-26-37-24-22-35-20-18-30(33)38-28-29(32)27-31/h29,31-32H,2-28H2,1H3. The Balaban J connectivity index is 3.09. The first kappa shape index (κ1) is 37.2. The summed E-state index contributed by atoms with van der Waals surface area (Å²) in [5.74, 6) is -0.469. The van der Waals surface area contributed by atoms with Gasteiger partial charge in [0.05, 0.1) is 59.3 Å². The molecule has 8 nitrogen and oxygen atoms in total. The summed E-state index contributed by atoms with van der Waals surface area (Å²) in [6, 6.07) is 0. The molecule has 1 unspecified atom stereocenters. The molecule has 0 heterocycles. The van der Waals surface area contributed by atoms with Crippen LogP contribution in [0.2, 0.25) is 0 Å². The lowest BCUT2D eigenvalue weighted by Gasteiger charge is -2.09. The molecule has 0 saturated heterocycles. The Morgan fingerprint density at radius 1 is 0.553 bits per heavy atom. The Labute approximate surface area is 233 Å². The Bertz CT molecular complexity index is 464. The van der Waals surface area contributed by atoms with Crippen molar-refractivity contribution in [1.29, 1.82) is 0 Å². The fourth-order valence-electron chi connectivity index (χ4n) is 3.98. The van der Waals surface area contributed by atoms with Crippen LogP contribution in [0.25, 0.3) is 0 Å². The van der Waals surface area contributed by atoms with E-state index < -0.39 is 18.7 Å². The van der Waals surface area contributed by atoms with Gasteiger partial charge in [0.1, 0.15) is 12.7 Å². The lowest BCUT2D eigenvalue weighted by Crippen LogP contribution is -2.22. The molecule has 0 amide bonds. The third kappa shape index (κ3) is 31.4. The number of hydrogen-bond acceptors (Lipinski definition) is 8. The van der Waals surface area contributed by atoms with Crippen molar-refractivity contribution < 1.29 is 38.7 Å². The monoisotopic (exact) mass is 548 g/mol. The van der Waals surface area contributed by atoms with Crippen molar-refractivity contribution in [3.63, 3.8) is 0 Å². The second kappa shape index (κ2) is 32.4. The number of esters is 1. The minimum atomic E-state index is -1.04. The lowest BCUT2D eigenvalue weighted by atomic mass is 10.0. The number of hydrogen-bond donors (Lipinski definition) is 2. The van der Waals surface area contributed by atoms with E-state index >= 15 is 0 Å². The SMILES string of the molecule is CCCCCCCCCCCCCCCCCCOCCOCCOCCOCCC(=O)OCC(O)CO. The van der Waals surface area contributed by atoms with Gasteiger partial charge >= 0.3 is 5.97 Å². The first-order valence-electron chi connectivity index (χ1n) is 15.5. The van der Waals surface area contributed by atoms with E-state index in [2.05, 4.69) is 6.92 Å². The van der Waals surface area contributed by atoms with Crippen LogP contribution in [0.5, 0.6) is 0 Å². The highest BCUT2D eigenvalue weighted by atomic mass is 16.6. The Hall–Kier alpha value is -0.770. The van der Waals surface area contributed by atoms with Gasteiger partial charge in [0, 0.05) is 6.61 Å². The predicted molar refractivity (Wildman–Crippen MR) is 151 cm³/mol. The molecule has 38 heavy (non-hydrogen) atoms. The van der Waals surface area contributed by atoms with E-state index in [9.17, 15) is 4.79 Å². The summed E-state index contributed by atoms with van der Waals surface area (Å²) in [6.07, 6.45) is 21.1. The van der Waals surface area contributed by atoms with Crippen LogP contribution in [0, 0.1) is 0 Å². The fraction of sp³-hybridized carbons (Fsp3) is 0.967. The second-order valence-corrected chi connectivity index (χ2v) is 10.0. The quantitative estimate of drug-likeness (QED) is 0.0827. The molecule has 228 valence electrons. The molecule has 0 rings (SSSR count). The maximum absolute atomic E-state index is 11.4. The Kier molecular flexibility index (Phi) is 31.8. The second-order valence-electron chi connectivity index (χ2n) is 10.0. The van der Waals surface area contributed by atoms with E-state index in [1.807, 2.05) is 0 Å². The molecule has 0 aliphatic heterocycles. The number of carbonyl (C=O) groups is 1. The molecule has 0 aliphatic carbocycles. The molecule has 0 radical (unpaired) electrons. The Morgan fingerprint density at radius 2 is 0.921 bits per heavy atom. The average molecular weight is 549 g/mol. The van der Waals surface area contributed by atoms with Crippen LogP contribution < -0.4 is 0 Å². The van der Waals surface area contributed by atoms with Gasteiger partial charge in [-0.25, -0.2) is 0 Å². The summed E-state index contributed by atoms with van der Waals surface area (Å²) < 4.78 is 26.6. The van der Waals surface area contributed by atoms with Gasteiger partial charge in [0.2, 0.25) is 0 Å². The molecule has 0 spiro atoms. The van der Waals surface area contributed by atoms with Crippen LogP contribution in [0.15, 0.2) is 0 Å². The zero-order chi connectivity index (χ0) is 27.8. The van der Waals surface area contributed by atoms with Gasteiger partial charge in [0.15, 0.2) is 0 Å². The van der Waals surface area contributed by atoms with Crippen LogP contribution in [0.4, 0.5) is 0 Å². The largest absolute Gasteiger partial charge is 0.463 e. The maximum atomic E-state index is 11.4. The third-order valence-electron chi connectivity index (χ3n) is 6.36. The van der Waals surface area contributed by atoms with Gasteiger partial charge in [0.25, 0.3) is 0 Å². The van der Waals surface area contributed by atoms with Crippen molar-refractivity contribution >= 4 is 5.97 Å². The molecule has 2 N–H and O–H groups in total. The molecular formula is C30H60O8. The average Bonchev–Trinajstić information content (AvgIpc) is 2.93. The molecule has 0 aliphatic rings. The van der Waals surface area contributed by atoms with Crippen molar-refractivity contribution in [2.24, 2.45) is 0 Å². The van der Waals surface area contributed by atoms with E-state index in [1.165, 1.54) is 96.3 Å². The maximum Gasteiger partial charge on any atom is 0.308 e. The van der Waals surface area contributed by atoms with Crippen LogP contribution >= 0.6 is 0 Å². The van der Waals surface area contributed by atoms with E-state index in [4.69, 9.17) is 33.9 Å².